The van der Waals surface area contributed by atoms with Crippen LogP contribution in [0.5, 0.6) is 0 Å². The molecule has 1 aromatic heterocycles. The molecule has 2 rings (SSSR count). The Morgan fingerprint density at radius 1 is 1.48 bits per heavy atom. The van der Waals surface area contributed by atoms with Gasteiger partial charge < -0.3 is 14.6 Å². The van der Waals surface area contributed by atoms with E-state index in [-0.39, 0.29) is 16.7 Å². The van der Waals surface area contributed by atoms with Crippen molar-refractivity contribution >= 4 is 23.2 Å². The number of nitrogens with zero attached hydrogens (tertiary/aromatic N) is 2. The number of hydrogen-bond donors (Lipinski definition) is 1. The summed E-state index contributed by atoms with van der Waals surface area (Å²) in [4.78, 5) is 36.0. The number of aromatic nitrogens is 1. The van der Waals surface area contributed by atoms with Gasteiger partial charge in [0, 0.05) is 43.0 Å². The van der Waals surface area contributed by atoms with Gasteiger partial charge in [0.2, 0.25) is 5.91 Å². The molecule has 1 aromatic rings. The number of hydrogen-bond acceptors (Lipinski definition) is 4. The summed E-state index contributed by atoms with van der Waals surface area (Å²) in [6.45, 7) is 5.18. The van der Waals surface area contributed by atoms with Crippen LogP contribution >= 0.6 is 11.3 Å². The number of likely N-dealkylation sites (tertiary alicyclic amines) is 1. The minimum atomic E-state index is -0.806. The van der Waals surface area contributed by atoms with E-state index >= 15 is 0 Å². The van der Waals surface area contributed by atoms with Crippen LogP contribution in [0.3, 0.4) is 0 Å². The number of thiazole rings is 1. The molecular formula is C14H20N2O4S. The van der Waals surface area contributed by atoms with Crippen molar-refractivity contribution in [1.29, 1.82) is 0 Å². The minimum Gasteiger partial charge on any atom is -0.481 e. The molecule has 0 spiro atoms. The van der Waals surface area contributed by atoms with E-state index in [4.69, 9.17) is 5.11 Å². The molecule has 1 N–H and O–H groups in total. The third kappa shape index (κ3) is 3.53. The zero-order valence-corrected chi connectivity index (χ0v) is 13.1. The Morgan fingerprint density at radius 3 is 2.67 bits per heavy atom. The lowest BCUT2D eigenvalue weighted by molar-refractivity contribution is -0.150. The molecule has 0 bridgehead atoms. The highest BCUT2D eigenvalue weighted by molar-refractivity contribution is 7.07. The third-order valence-electron chi connectivity index (χ3n) is 4.11. The van der Waals surface area contributed by atoms with Crippen molar-refractivity contribution in [2.75, 3.05) is 13.1 Å². The van der Waals surface area contributed by atoms with Gasteiger partial charge in [-0.2, -0.15) is 0 Å². The lowest BCUT2D eigenvalue weighted by Gasteiger charge is -2.41. The van der Waals surface area contributed by atoms with Gasteiger partial charge in [-0.1, -0.05) is 18.3 Å². The van der Waals surface area contributed by atoms with Crippen LogP contribution in [0.2, 0.25) is 0 Å². The smallest absolute Gasteiger partial charge is 0.307 e. The van der Waals surface area contributed by atoms with Crippen LogP contribution in [0.15, 0.2) is 10.2 Å². The maximum atomic E-state index is 12.0. The second-order valence-corrected chi connectivity index (χ2v) is 6.40. The van der Waals surface area contributed by atoms with Crippen molar-refractivity contribution in [3.8, 4) is 0 Å². The van der Waals surface area contributed by atoms with Gasteiger partial charge in [0.1, 0.15) is 0 Å². The Balaban J connectivity index is 1.72. The standard InChI is InChI=1S/C14H20N2O4S/c1-9-8-21-14(20)16(9)5-3-4-12(17)15-6-11(7-15)10(2)13(18)19/h8,10-11H,3-7H2,1-2H3,(H,18,19). The molecule has 1 aliphatic rings. The Hall–Kier alpha value is -1.63. The van der Waals surface area contributed by atoms with E-state index in [1.807, 2.05) is 12.3 Å². The van der Waals surface area contributed by atoms with Crippen LogP contribution in [0.1, 0.15) is 25.5 Å². The molecule has 1 fully saturated rings. The molecule has 0 radical (unpaired) electrons. The van der Waals surface area contributed by atoms with E-state index in [1.54, 1.807) is 16.4 Å². The van der Waals surface area contributed by atoms with Crippen molar-refractivity contribution < 1.29 is 14.7 Å². The summed E-state index contributed by atoms with van der Waals surface area (Å²) in [6.07, 6.45) is 1.03. The summed E-state index contributed by atoms with van der Waals surface area (Å²) in [5, 5.41) is 10.7. The first-order valence-electron chi connectivity index (χ1n) is 7.05. The van der Waals surface area contributed by atoms with Gasteiger partial charge >= 0.3 is 10.8 Å². The fourth-order valence-electron chi connectivity index (χ4n) is 2.46. The summed E-state index contributed by atoms with van der Waals surface area (Å²) in [6, 6.07) is 0. The quantitative estimate of drug-likeness (QED) is 0.855. The number of carboxylic acids is 1. The maximum Gasteiger partial charge on any atom is 0.307 e. The van der Waals surface area contributed by atoms with Crippen molar-refractivity contribution in [2.45, 2.75) is 33.2 Å². The molecule has 1 atom stereocenters. The second kappa shape index (κ2) is 6.43. The van der Waals surface area contributed by atoms with E-state index in [9.17, 15) is 14.4 Å². The van der Waals surface area contributed by atoms with E-state index in [0.29, 0.717) is 32.5 Å². The molecule has 1 amide bonds. The third-order valence-corrected chi connectivity index (χ3v) is 4.99. The number of carbonyl (C=O) groups excluding carboxylic acids is 1. The highest BCUT2D eigenvalue weighted by Crippen LogP contribution is 2.24. The molecule has 0 aliphatic carbocycles. The molecule has 116 valence electrons. The summed E-state index contributed by atoms with van der Waals surface area (Å²) in [7, 11) is 0. The lowest BCUT2D eigenvalue weighted by atomic mass is 9.87. The van der Waals surface area contributed by atoms with Crippen LogP contribution in [0, 0.1) is 18.8 Å². The first-order chi connectivity index (χ1) is 9.90. The Kier molecular flexibility index (Phi) is 4.82. The summed E-state index contributed by atoms with van der Waals surface area (Å²) in [5.74, 6) is -1.10. The molecule has 1 aliphatic heterocycles. The Labute approximate surface area is 127 Å². The van der Waals surface area contributed by atoms with Gasteiger partial charge in [-0.25, -0.2) is 0 Å². The zero-order chi connectivity index (χ0) is 15.6. The molecule has 6 nitrogen and oxygen atoms in total. The van der Waals surface area contributed by atoms with E-state index in [1.165, 1.54) is 11.3 Å². The molecule has 1 unspecified atom stereocenters. The predicted molar refractivity (Wildman–Crippen MR) is 79.4 cm³/mol. The first kappa shape index (κ1) is 15.8. The zero-order valence-electron chi connectivity index (χ0n) is 12.2. The largest absolute Gasteiger partial charge is 0.481 e. The van der Waals surface area contributed by atoms with Crippen LogP contribution < -0.4 is 4.87 Å². The Bertz CT molecular complexity index is 586. The minimum absolute atomic E-state index is 0.0132. The molecule has 0 saturated carbocycles. The number of aliphatic carboxylic acids is 1. The first-order valence-corrected chi connectivity index (χ1v) is 7.93. The molecular weight excluding hydrogens is 292 g/mol. The highest BCUT2D eigenvalue weighted by atomic mass is 32.1. The summed E-state index contributed by atoms with van der Waals surface area (Å²) in [5.41, 5.74) is 0.928. The van der Waals surface area contributed by atoms with Crippen molar-refractivity contribution in [3.05, 3.63) is 20.7 Å². The molecule has 0 aromatic carbocycles. The van der Waals surface area contributed by atoms with Gasteiger partial charge in [-0.05, 0) is 13.3 Å². The number of aryl methyl sites for hydroxylation is 1. The number of amides is 1. The topological polar surface area (TPSA) is 79.6 Å². The second-order valence-electron chi connectivity index (χ2n) is 5.58. The lowest BCUT2D eigenvalue weighted by Crippen LogP contribution is -2.53. The number of rotatable bonds is 6. The van der Waals surface area contributed by atoms with Gasteiger partial charge in [-0.15, -0.1) is 0 Å². The highest BCUT2D eigenvalue weighted by Gasteiger charge is 2.36. The van der Waals surface area contributed by atoms with E-state index in [0.717, 1.165) is 5.69 Å². The van der Waals surface area contributed by atoms with Crippen LogP contribution in [-0.4, -0.2) is 39.5 Å². The van der Waals surface area contributed by atoms with Gasteiger partial charge in [0.25, 0.3) is 0 Å². The fraction of sp³-hybridized carbons (Fsp3) is 0.643. The van der Waals surface area contributed by atoms with Crippen LogP contribution in [-0.2, 0) is 16.1 Å². The van der Waals surface area contributed by atoms with Crippen molar-refractivity contribution in [1.82, 2.24) is 9.47 Å². The van der Waals surface area contributed by atoms with Gasteiger partial charge in [0.05, 0.1) is 5.92 Å². The van der Waals surface area contributed by atoms with Crippen LogP contribution in [0.25, 0.3) is 0 Å². The van der Waals surface area contributed by atoms with Gasteiger partial charge in [0.15, 0.2) is 0 Å². The average molecular weight is 312 g/mol. The Morgan fingerprint density at radius 2 is 2.14 bits per heavy atom. The van der Waals surface area contributed by atoms with Crippen LogP contribution in [0.4, 0.5) is 0 Å². The van der Waals surface area contributed by atoms with Gasteiger partial charge in [-0.3, -0.25) is 14.4 Å². The number of carboxylic acid groups (broad SMARTS) is 1. The fourth-order valence-corrected chi connectivity index (χ4v) is 3.22. The summed E-state index contributed by atoms with van der Waals surface area (Å²) >= 11 is 1.17. The van der Waals surface area contributed by atoms with Crippen molar-refractivity contribution in [2.24, 2.45) is 11.8 Å². The average Bonchev–Trinajstić information content (AvgIpc) is 2.68. The molecule has 7 heteroatoms. The van der Waals surface area contributed by atoms with E-state index in [2.05, 4.69) is 0 Å². The molecule has 2 heterocycles. The molecule has 1 saturated heterocycles. The predicted octanol–water partition coefficient (Wildman–Crippen LogP) is 1.18. The summed E-state index contributed by atoms with van der Waals surface area (Å²) < 4.78 is 1.68. The SMILES string of the molecule is Cc1csc(=O)n1CCCC(=O)N1CC(C(C)C(=O)O)C1. The van der Waals surface area contributed by atoms with E-state index < -0.39 is 11.9 Å². The maximum absolute atomic E-state index is 12.0. The number of carbonyl (C=O) groups is 2. The molecule has 21 heavy (non-hydrogen) atoms. The van der Waals surface area contributed by atoms with Crippen molar-refractivity contribution in [3.63, 3.8) is 0 Å². The normalized spacial score (nSPS) is 16.6. The monoisotopic (exact) mass is 312 g/mol.